The number of rotatable bonds is 5. The smallest absolute Gasteiger partial charge is 0.235 e. The molecule has 4 heteroatoms. The molecule has 0 spiro atoms. The monoisotopic (exact) mass is 805 g/mol. The van der Waals surface area contributed by atoms with Gasteiger partial charge in [-0.1, -0.05) is 178 Å². The van der Waals surface area contributed by atoms with E-state index in [0.29, 0.717) is 5.95 Å². The van der Waals surface area contributed by atoms with Crippen molar-refractivity contribution >= 4 is 54.6 Å². The highest BCUT2D eigenvalue weighted by Crippen LogP contribution is 2.50. The van der Waals surface area contributed by atoms with Gasteiger partial charge in [0, 0.05) is 49.0 Å². The van der Waals surface area contributed by atoms with Crippen LogP contribution in [-0.2, 0) is 5.41 Å². The fraction of sp³-hybridized carbons (Fsp3) is 0.0508. The molecule has 0 saturated carbocycles. The quantitative estimate of drug-likeness (QED) is 0.174. The molecule has 63 heavy (non-hydrogen) atoms. The number of para-hydroxylation sites is 4. The van der Waals surface area contributed by atoms with Crippen LogP contribution in [0.4, 0.5) is 0 Å². The second-order valence-electron chi connectivity index (χ2n) is 17.3. The van der Waals surface area contributed by atoms with Gasteiger partial charge in [-0.3, -0.25) is 4.57 Å². The Morgan fingerprint density at radius 3 is 1.95 bits per heavy atom. The van der Waals surface area contributed by atoms with E-state index in [1.807, 2.05) is 18.2 Å². The van der Waals surface area contributed by atoms with Gasteiger partial charge in [-0.05, 0) is 80.9 Å². The van der Waals surface area contributed by atoms with Crippen LogP contribution in [0.1, 0.15) is 25.0 Å². The Balaban J connectivity index is 1.05. The molecular weight excluding hydrogens is 767 g/mol. The zero-order valence-corrected chi connectivity index (χ0v) is 34.8. The minimum atomic E-state index is -0.0840. The van der Waals surface area contributed by atoms with Crippen molar-refractivity contribution in [2.75, 3.05) is 0 Å². The molecule has 3 aromatic heterocycles. The van der Waals surface area contributed by atoms with Gasteiger partial charge in [0.1, 0.15) is 11.2 Å². The lowest BCUT2D eigenvalue weighted by molar-refractivity contribution is 0.660. The highest BCUT2D eigenvalue weighted by atomic mass is 16.3. The van der Waals surface area contributed by atoms with Gasteiger partial charge in [-0.15, -0.1) is 0 Å². The van der Waals surface area contributed by atoms with Gasteiger partial charge in [0.25, 0.3) is 0 Å². The summed E-state index contributed by atoms with van der Waals surface area (Å²) in [4.78, 5) is 10.8. The molecule has 3 heterocycles. The predicted octanol–water partition coefficient (Wildman–Crippen LogP) is 15.6. The summed E-state index contributed by atoms with van der Waals surface area (Å²) >= 11 is 0. The summed E-state index contributed by atoms with van der Waals surface area (Å²) in [6.45, 7) is 4.69. The first-order valence-corrected chi connectivity index (χ1v) is 21.7. The third-order valence-electron chi connectivity index (χ3n) is 13.4. The van der Waals surface area contributed by atoms with E-state index in [4.69, 9.17) is 14.4 Å². The predicted molar refractivity (Wildman–Crippen MR) is 260 cm³/mol. The molecule has 12 aromatic rings. The van der Waals surface area contributed by atoms with Crippen molar-refractivity contribution in [2.24, 2.45) is 0 Å². The zero-order valence-electron chi connectivity index (χ0n) is 34.8. The van der Waals surface area contributed by atoms with Crippen LogP contribution in [0.15, 0.2) is 205 Å². The van der Waals surface area contributed by atoms with E-state index in [-0.39, 0.29) is 5.41 Å². The van der Waals surface area contributed by atoms with E-state index in [1.54, 1.807) is 0 Å². The van der Waals surface area contributed by atoms with Crippen LogP contribution >= 0.6 is 0 Å². The first-order chi connectivity index (χ1) is 31.0. The highest BCUT2D eigenvalue weighted by Gasteiger charge is 2.35. The maximum atomic E-state index is 6.56. The fourth-order valence-corrected chi connectivity index (χ4v) is 10.4. The Kier molecular flexibility index (Phi) is 7.62. The molecule has 0 atom stereocenters. The molecule has 4 nitrogen and oxygen atoms in total. The average molecular weight is 806 g/mol. The molecule has 0 amide bonds. The summed E-state index contributed by atoms with van der Waals surface area (Å²) in [5, 5.41) is 5.49. The standard InChI is InChI=1S/C59H39N3O/c1-59(2)50-26-9-6-19-43(50)44-31-29-38(35-51(44)59)37-17-12-18-39(33-37)41-22-13-24-46-49-34-40(42-23-14-25-47-45-20-8-11-28-54(45)63-57(42)47)30-32-53(49)62(56(41)46)58-60-52-27-10-7-21-48(52)55(61-58)36-15-4-3-5-16-36/h3-35H,1-2H3. The van der Waals surface area contributed by atoms with E-state index >= 15 is 0 Å². The molecule has 1 aliphatic rings. The van der Waals surface area contributed by atoms with E-state index in [9.17, 15) is 0 Å². The Morgan fingerprint density at radius 1 is 0.413 bits per heavy atom. The second kappa shape index (κ2) is 13.5. The van der Waals surface area contributed by atoms with Gasteiger partial charge in [-0.2, -0.15) is 0 Å². The van der Waals surface area contributed by atoms with Crippen LogP contribution in [0.2, 0.25) is 0 Å². The van der Waals surface area contributed by atoms with Crippen LogP contribution in [0.3, 0.4) is 0 Å². The van der Waals surface area contributed by atoms with Crippen molar-refractivity contribution in [3.8, 4) is 61.7 Å². The molecule has 9 aromatic carbocycles. The summed E-state index contributed by atoms with van der Waals surface area (Å²) in [7, 11) is 0. The van der Waals surface area contributed by atoms with Crippen LogP contribution in [-0.4, -0.2) is 14.5 Å². The van der Waals surface area contributed by atoms with Crippen molar-refractivity contribution in [3.05, 3.63) is 211 Å². The Labute approximate surface area is 364 Å². The summed E-state index contributed by atoms with van der Waals surface area (Å²) in [5.41, 5.74) is 18.8. The van der Waals surface area contributed by atoms with Crippen LogP contribution in [0.25, 0.3) is 116 Å². The van der Waals surface area contributed by atoms with Crippen molar-refractivity contribution in [1.82, 2.24) is 14.5 Å². The third kappa shape index (κ3) is 5.34. The van der Waals surface area contributed by atoms with Crippen molar-refractivity contribution in [2.45, 2.75) is 19.3 Å². The third-order valence-corrected chi connectivity index (χ3v) is 13.4. The van der Waals surface area contributed by atoms with E-state index in [0.717, 1.165) is 88.2 Å². The lowest BCUT2D eigenvalue weighted by Crippen LogP contribution is -2.14. The number of aromatic nitrogens is 3. The number of nitrogens with zero attached hydrogens (tertiary/aromatic N) is 3. The minimum Gasteiger partial charge on any atom is -0.455 e. The van der Waals surface area contributed by atoms with Crippen LogP contribution in [0.5, 0.6) is 0 Å². The molecule has 0 N–H and O–H groups in total. The first kappa shape index (κ1) is 35.7. The Morgan fingerprint density at radius 2 is 1.05 bits per heavy atom. The van der Waals surface area contributed by atoms with Gasteiger partial charge in [-0.25, -0.2) is 9.97 Å². The number of fused-ring (bicyclic) bond motifs is 10. The molecule has 1 aliphatic carbocycles. The van der Waals surface area contributed by atoms with Gasteiger partial charge in [0.15, 0.2) is 0 Å². The molecule has 13 rings (SSSR count). The number of hydrogen-bond donors (Lipinski definition) is 0. The SMILES string of the molecule is CC1(C)c2ccccc2-c2ccc(-c3cccc(-c4cccc5c6cc(-c7cccc8c7oc7ccccc78)ccc6n(-c6nc(-c7ccccc7)c7ccccc7n6)c45)c3)cc21. The summed E-state index contributed by atoms with van der Waals surface area (Å²) in [5.74, 6) is 0.628. The lowest BCUT2D eigenvalue weighted by Gasteiger charge is -2.22. The number of furan rings is 1. The first-order valence-electron chi connectivity index (χ1n) is 21.7. The normalized spacial score (nSPS) is 13.0. The zero-order chi connectivity index (χ0) is 41.8. The maximum Gasteiger partial charge on any atom is 0.235 e. The van der Waals surface area contributed by atoms with Gasteiger partial charge in [0.05, 0.1) is 22.2 Å². The van der Waals surface area contributed by atoms with Crippen LogP contribution in [0, 0.1) is 0 Å². The molecule has 0 fully saturated rings. The second-order valence-corrected chi connectivity index (χ2v) is 17.3. The van der Waals surface area contributed by atoms with Crippen LogP contribution < -0.4 is 0 Å². The van der Waals surface area contributed by atoms with E-state index in [1.165, 1.54) is 33.4 Å². The molecule has 0 bridgehead atoms. The molecule has 296 valence electrons. The minimum absolute atomic E-state index is 0.0840. The Bertz CT molecular complexity index is 3830. The molecule has 0 aliphatic heterocycles. The van der Waals surface area contributed by atoms with Gasteiger partial charge >= 0.3 is 0 Å². The topological polar surface area (TPSA) is 43.9 Å². The fourth-order valence-electron chi connectivity index (χ4n) is 10.4. The number of hydrogen-bond acceptors (Lipinski definition) is 3. The maximum absolute atomic E-state index is 6.56. The van der Waals surface area contributed by atoms with Crippen molar-refractivity contribution < 1.29 is 4.42 Å². The highest BCUT2D eigenvalue weighted by molar-refractivity contribution is 6.16. The number of benzene rings is 9. The average Bonchev–Trinajstić information content (AvgIpc) is 3.96. The molecule has 0 saturated heterocycles. The van der Waals surface area contributed by atoms with Crippen molar-refractivity contribution in [3.63, 3.8) is 0 Å². The summed E-state index contributed by atoms with van der Waals surface area (Å²) in [6, 6.07) is 71.8. The molecule has 0 radical (unpaired) electrons. The summed E-state index contributed by atoms with van der Waals surface area (Å²) < 4.78 is 8.84. The molecule has 0 unspecified atom stereocenters. The van der Waals surface area contributed by atoms with Gasteiger partial charge < -0.3 is 4.42 Å². The largest absolute Gasteiger partial charge is 0.455 e. The molecular formula is C59H39N3O. The van der Waals surface area contributed by atoms with Gasteiger partial charge in [0.2, 0.25) is 5.95 Å². The van der Waals surface area contributed by atoms with Crippen molar-refractivity contribution in [1.29, 1.82) is 0 Å². The Hall–Kier alpha value is -8.08. The van der Waals surface area contributed by atoms with E-state index < -0.39 is 0 Å². The summed E-state index contributed by atoms with van der Waals surface area (Å²) in [6.07, 6.45) is 0. The lowest BCUT2D eigenvalue weighted by atomic mass is 9.81. The van der Waals surface area contributed by atoms with E-state index in [2.05, 4.69) is 200 Å².